The summed E-state index contributed by atoms with van der Waals surface area (Å²) in [5.41, 5.74) is 2.79. The lowest BCUT2D eigenvalue weighted by Gasteiger charge is -2.01. The van der Waals surface area contributed by atoms with Crippen molar-refractivity contribution in [3.8, 4) is 0 Å². The van der Waals surface area contributed by atoms with E-state index in [9.17, 15) is 4.79 Å². The summed E-state index contributed by atoms with van der Waals surface area (Å²) in [7, 11) is 0. The van der Waals surface area contributed by atoms with Gasteiger partial charge in [0.25, 0.3) is 0 Å². The van der Waals surface area contributed by atoms with E-state index in [1.807, 2.05) is 13.8 Å². The summed E-state index contributed by atoms with van der Waals surface area (Å²) in [6.07, 6.45) is 3.59. The molecular formula is C13H15N3O2S. The second-order valence-electron chi connectivity index (χ2n) is 4.77. The van der Waals surface area contributed by atoms with Crippen LogP contribution in [-0.4, -0.2) is 16.0 Å². The molecule has 2 aromatic rings. The van der Waals surface area contributed by atoms with Crippen LogP contribution in [-0.2, 0) is 24.1 Å². The summed E-state index contributed by atoms with van der Waals surface area (Å²) in [4.78, 5) is 17.8. The van der Waals surface area contributed by atoms with Crippen LogP contribution in [0.4, 0.5) is 5.13 Å². The summed E-state index contributed by atoms with van der Waals surface area (Å²) in [5.74, 6) is 0.635. The first-order valence-corrected chi connectivity index (χ1v) is 7.15. The Labute approximate surface area is 115 Å². The van der Waals surface area contributed by atoms with E-state index in [1.54, 1.807) is 11.3 Å². The number of hydrogen-bond acceptors (Lipinski definition) is 5. The highest BCUT2D eigenvalue weighted by atomic mass is 32.1. The fourth-order valence-corrected chi connectivity index (χ4v) is 3.39. The molecule has 0 bridgehead atoms. The van der Waals surface area contributed by atoms with Crippen molar-refractivity contribution < 1.29 is 9.32 Å². The molecule has 100 valence electrons. The van der Waals surface area contributed by atoms with Gasteiger partial charge in [0.15, 0.2) is 5.13 Å². The summed E-state index contributed by atoms with van der Waals surface area (Å²) >= 11 is 1.59. The molecule has 2 aromatic heterocycles. The lowest BCUT2D eigenvalue weighted by Crippen LogP contribution is -2.15. The minimum absolute atomic E-state index is 0.0678. The standard InChI is InChI=1S/C13H15N3O2S/c1-7-9(8(2)18-16-7)6-12(17)15-13-14-10-4-3-5-11(10)19-13/h3-6H2,1-2H3,(H,14,15,17). The van der Waals surface area contributed by atoms with Gasteiger partial charge in [-0.3, -0.25) is 4.79 Å². The topological polar surface area (TPSA) is 68.0 Å². The van der Waals surface area contributed by atoms with E-state index < -0.39 is 0 Å². The molecule has 19 heavy (non-hydrogen) atoms. The molecule has 1 aliphatic carbocycles. The molecule has 0 spiro atoms. The molecule has 0 atom stereocenters. The number of anilines is 1. The van der Waals surface area contributed by atoms with Gasteiger partial charge in [-0.15, -0.1) is 11.3 Å². The predicted octanol–water partition coefficient (Wildman–Crippen LogP) is 2.42. The molecule has 0 aromatic carbocycles. The minimum Gasteiger partial charge on any atom is -0.361 e. The molecule has 1 N–H and O–H groups in total. The van der Waals surface area contributed by atoms with E-state index in [2.05, 4.69) is 15.5 Å². The molecule has 0 saturated heterocycles. The molecule has 1 amide bonds. The number of aromatic nitrogens is 2. The average molecular weight is 277 g/mol. The molecule has 0 fully saturated rings. The summed E-state index contributed by atoms with van der Waals surface area (Å²) < 4.78 is 5.05. The van der Waals surface area contributed by atoms with E-state index >= 15 is 0 Å². The Bertz CT molecular complexity index is 589. The largest absolute Gasteiger partial charge is 0.361 e. The maximum Gasteiger partial charge on any atom is 0.230 e. The van der Waals surface area contributed by atoms with Crippen molar-refractivity contribution in [2.24, 2.45) is 0 Å². The van der Waals surface area contributed by atoms with Crippen LogP contribution >= 0.6 is 11.3 Å². The Kier molecular flexibility index (Phi) is 3.10. The number of rotatable bonds is 3. The summed E-state index contributed by atoms with van der Waals surface area (Å²) in [5, 5.41) is 7.42. The van der Waals surface area contributed by atoms with Gasteiger partial charge in [-0.2, -0.15) is 0 Å². The maximum absolute atomic E-state index is 12.0. The third-order valence-electron chi connectivity index (χ3n) is 3.36. The zero-order valence-corrected chi connectivity index (χ0v) is 11.8. The van der Waals surface area contributed by atoms with Crippen molar-refractivity contribution in [3.05, 3.63) is 27.6 Å². The normalized spacial score (nSPS) is 13.6. The highest BCUT2D eigenvalue weighted by Crippen LogP contribution is 2.30. The number of carbonyl (C=O) groups excluding carboxylic acids is 1. The molecule has 2 heterocycles. The van der Waals surface area contributed by atoms with Gasteiger partial charge in [-0.1, -0.05) is 5.16 Å². The monoisotopic (exact) mass is 277 g/mol. The van der Waals surface area contributed by atoms with Crippen LogP contribution in [0.5, 0.6) is 0 Å². The Morgan fingerprint density at radius 3 is 2.95 bits per heavy atom. The van der Waals surface area contributed by atoms with Gasteiger partial charge in [-0.25, -0.2) is 4.98 Å². The van der Waals surface area contributed by atoms with Gasteiger partial charge >= 0.3 is 0 Å². The fourth-order valence-electron chi connectivity index (χ4n) is 2.32. The molecule has 0 radical (unpaired) electrons. The highest BCUT2D eigenvalue weighted by Gasteiger charge is 2.19. The minimum atomic E-state index is -0.0678. The van der Waals surface area contributed by atoms with Gasteiger partial charge in [0.2, 0.25) is 5.91 Å². The Morgan fingerprint density at radius 2 is 2.26 bits per heavy atom. The quantitative estimate of drug-likeness (QED) is 0.935. The molecular weight excluding hydrogens is 262 g/mol. The molecule has 0 unspecified atom stereocenters. The summed E-state index contributed by atoms with van der Waals surface area (Å²) in [6, 6.07) is 0. The number of fused-ring (bicyclic) bond motifs is 1. The Morgan fingerprint density at radius 1 is 1.42 bits per heavy atom. The third kappa shape index (κ3) is 2.40. The predicted molar refractivity (Wildman–Crippen MR) is 72.4 cm³/mol. The smallest absolute Gasteiger partial charge is 0.230 e. The number of amides is 1. The van der Waals surface area contributed by atoms with Crippen molar-refractivity contribution in [2.45, 2.75) is 39.5 Å². The first-order chi connectivity index (χ1) is 9.13. The second-order valence-corrected chi connectivity index (χ2v) is 5.85. The van der Waals surface area contributed by atoms with Gasteiger partial charge in [0, 0.05) is 10.4 Å². The third-order valence-corrected chi connectivity index (χ3v) is 4.43. The van der Waals surface area contributed by atoms with Gasteiger partial charge in [0.1, 0.15) is 5.76 Å². The van der Waals surface area contributed by atoms with Crippen LogP contribution in [0.1, 0.15) is 34.0 Å². The van der Waals surface area contributed by atoms with Crippen molar-refractivity contribution in [1.82, 2.24) is 10.1 Å². The number of thiazole rings is 1. The van der Waals surface area contributed by atoms with Gasteiger partial charge in [-0.05, 0) is 33.1 Å². The van der Waals surface area contributed by atoms with E-state index in [0.717, 1.165) is 29.8 Å². The van der Waals surface area contributed by atoms with Crippen molar-refractivity contribution in [1.29, 1.82) is 0 Å². The number of carbonyl (C=O) groups is 1. The van der Waals surface area contributed by atoms with Gasteiger partial charge in [0.05, 0.1) is 17.8 Å². The first-order valence-electron chi connectivity index (χ1n) is 6.33. The number of hydrogen-bond donors (Lipinski definition) is 1. The maximum atomic E-state index is 12.0. The van der Waals surface area contributed by atoms with E-state index in [0.29, 0.717) is 10.9 Å². The van der Waals surface area contributed by atoms with E-state index in [-0.39, 0.29) is 12.3 Å². The second kappa shape index (κ2) is 4.77. The van der Waals surface area contributed by atoms with Crippen LogP contribution in [0.25, 0.3) is 0 Å². The van der Waals surface area contributed by atoms with Crippen LogP contribution in [0, 0.1) is 13.8 Å². The van der Waals surface area contributed by atoms with Crippen LogP contribution < -0.4 is 5.32 Å². The Hall–Kier alpha value is -1.69. The fraction of sp³-hybridized carbons (Fsp3) is 0.462. The van der Waals surface area contributed by atoms with Crippen LogP contribution in [0.3, 0.4) is 0 Å². The molecule has 3 rings (SSSR count). The first kappa shape index (κ1) is 12.3. The SMILES string of the molecule is Cc1noc(C)c1CC(=O)Nc1nc2c(s1)CCC2. The lowest BCUT2D eigenvalue weighted by atomic mass is 10.1. The zero-order valence-electron chi connectivity index (χ0n) is 10.9. The van der Waals surface area contributed by atoms with Crippen molar-refractivity contribution in [3.63, 3.8) is 0 Å². The molecule has 1 aliphatic rings. The number of nitrogens with zero attached hydrogens (tertiary/aromatic N) is 2. The summed E-state index contributed by atoms with van der Waals surface area (Å²) in [6.45, 7) is 3.66. The average Bonchev–Trinajstić information content (AvgIpc) is 2.99. The molecule has 6 heteroatoms. The zero-order chi connectivity index (χ0) is 13.4. The van der Waals surface area contributed by atoms with Crippen molar-refractivity contribution in [2.75, 3.05) is 5.32 Å². The number of aryl methyl sites for hydroxylation is 4. The van der Waals surface area contributed by atoms with Gasteiger partial charge < -0.3 is 9.84 Å². The van der Waals surface area contributed by atoms with E-state index in [1.165, 1.54) is 11.3 Å². The lowest BCUT2D eigenvalue weighted by molar-refractivity contribution is -0.115. The van der Waals surface area contributed by atoms with Crippen LogP contribution in [0.15, 0.2) is 4.52 Å². The highest BCUT2D eigenvalue weighted by molar-refractivity contribution is 7.15. The molecule has 5 nitrogen and oxygen atoms in total. The number of nitrogens with one attached hydrogen (secondary N) is 1. The van der Waals surface area contributed by atoms with E-state index in [4.69, 9.17) is 4.52 Å². The Balaban J connectivity index is 1.68. The van der Waals surface area contributed by atoms with Crippen molar-refractivity contribution >= 4 is 22.4 Å². The molecule has 0 saturated carbocycles. The van der Waals surface area contributed by atoms with Crippen LogP contribution in [0.2, 0.25) is 0 Å². The molecule has 0 aliphatic heterocycles.